The first-order valence-electron chi connectivity index (χ1n) is 8.03. The first-order chi connectivity index (χ1) is 12.1. The molecule has 0 saturated carbocycles. The van der Waals surface area contributed by atoms with Gasteiger partial charge in [0, 0.05) is 12.1 Å². The van der Waals surface area contributed by atoms with Crippen LogP contribution in [0.2, 0.25) is 0 Å². The number of nitrogens with one attached hydrogen (secondary N) is 1. The van der Waals surface area contributed by atoms with Gasteiger partial charge in [0.25, 0.3) is 0 Å². The normalized spacial score (nSPS) is 11.6. The molecular formula is C20H24N2O3. The molecule has 2 aromatic rings. The number of rotatable bonds is 9. The summed E-state index contributed by atoms with van der Waals surface area (Å²) in [5, 5.41) is 3.21. The molecule has 0 aromatic heterocycles. The van der Waals surface area contributed by atoms with Gasteiger partial charge in [-0.2, -0.15) is 0 Å². The molecule has 0 aliphatic heterocycles. The van der Waals surface area contributed by atoms with E-state index in [-0.39, 0.29) is 0 Å². The third-order valence-electron chi connectivity index (χ3n) is 3.91. The highest BCUT2D eigenvalue weighted by molar-refractivity contribution is 5.81. The van der Waals surface area contributed by atoms with Gasteiger partial charge in [0.15, 0.2) is 11.5 Å². The Morgan fingerprint density at radius 1 is 1.24 bits per heavy atom. The molecule has 0 aliphatic carbocycles. The Bertz CT molecular complexity index is 729. The summed E-state index contributed by atoms with van der Waals surface area (Å²) in [6.07, 6.45) is 2.47. The van der Waals surface area contributed by atoms with Gasteiger partial charge in [-0.25, -0.2) is 0 Å². The van der Waals surface area contributed by atoms with Crippen LogP contribution >= 0.6 is 0 Å². The minimum Gasteiger partial charge on any atom is -0.493 e. The molecule has 0 fully saturated rings. The Hall–Kier alpha value is -2.79. The average Bonchev–Trinajstić information content (AvgIpc) is 2.62. The summed E-state index contributed by atoms with van der Waals surface area (Å²) in [5.41, 5.74) is 8.33. The van der Waals surface area contributed by atoms with Gasteiger partial charge in [-0.05, 0) is 23.6 Å². The van der Waals surface area contributed by atoms with Crippen molar-refractivity contribution in [3.63, 3.8) is 0 Å². The first kappa shape index (κ1) is 18.5. The van der Waals surface area contributed by atoms with Crippen molar-refractivity contribution in [3.05, 3.63) is 71.8 Å². The number of benzene rings is 2. The van der Waals surface area contributed by atoms with Crippen LogP contribution in [-0.4, -0.2) is 20.1 Å². The molecule has 0 spiro atoms. The van der Waals surface area contributed by atoms with Crippen LogP contribution in [0.4, 0.5) is 0 Å². The molecule has 0 radical (unpaired) electrons. The fourth-order valence-corrected chi connectivity index (χ4v) is 2.76. The zero-order valence-electron chi connectivity index (χ0n) is 14.6. The second kappa shape index (κ2) is 8.89. The van der Waals surface area contributed by atoms with E-state index in [4.69, 9.17) is 15.2 Å². The van der Waals surface area contributed by atoms with Crippen LogP contribution in [0.25, 0.3) is 0 Å². The van der Waals surface area contributed by atoms with Gasteiger partial charge in [0.1, 0.15) is 6.04 Å². The Kier molecular flexibility index (Phi) is 6.60. The molecular weight excluding hydrogens is 316 g/mol. The van der Waals surface area contributed by atoms with E-state index in [9.17, 15) is 4.79 Å². The first-order valence-corrected chi connectivity index (χ1v) is 8.03. The smallest absolute Gasteiger partial charge is 0.239 e. The van der Waals surface area contributed by atoms with E-state index in [1.54, 1.807) is 14.2 Å². The topological polar surface area (TPSA) is 73.6 Å². The lowest BCUT2D eigenvalue weighted by molar-refractivity contribution is -0.120. The second-order valence-corrected chi connectivity index (χ2v) is 5.61. The van der Waals surface area contributed by atoms with Gasteiger partial charge >= 0.3 is 0 Å². The fraction of sp³-hybridized carbons (Fsp3) is 0.250. The van der Waals surface area contributed by atoms with Crippen molar-refractivity contribution in [3.8, 4) is 11.5 Å². The third kappa shape index (κ3) is 4.61. The van der Waals surface area contributed by atoms with Crippen LogP contribution in [0.3, 0.4) is 0 Å². The molecule has 132 valence electrons. The lowest BCUT2D eigenvalue weighted by atomic mass is 10.0. The maximum Gasteiger partial charge on any atom is 0.239 e. The summed E-state index contributed by atoms with van der Waals surface area (Å²) in [6, 6.07) is 12.8. The van der Waals surface area contributed by atoms with Crippen molar-refractivity contribution >= 4 is 5.91 Å². The minimum absolute atomic E-state index is 0.419. The summed E-state index contributed by atoms with van der Waals surface area (Å²) in [4.78, 5) is 11.8. The zero-order chi connectivity index (χ0) is 18.2. The maximum atomic E-state index is 11.8. The molecule has 0 aliphatic rings. The molecule has 0 saturated heterocycles. The number of primary amides is 1. The standard InChI is InChI=1S/C20H24N2O3/c1-4-8-16-11-14(12-17(24-2)19(16)25-3)13-22-18(20(21)23)15-9-6-5-7-10-15/h4-7,9-12,18,22H,1,8,13H2,2-3H3,(H2,21,23)/t18-/m0/s1. The number of ether oxygens (including phenoxy) is 2. The van der Waals surface area contributed by atoms with E-state index >= 15 is 0 Å². The van der Waals surface area contributed by atoms with Gasteiger partial charge < -0.3 is 15.2 Å². The molecule has 3 N–H and O–H groups in total. The average molecular weight is 340 g/mol. The van der Waals surface area contributed by atoms with Crippen LogP contribution in [0.1, 0.15) is 22.7 Å². The Morgan fingerprint density at radius 3 is 2.52 bits per heavy atom. The highest BCUT2D eigenvalue weighted by atomic mass is 16.5. The summed E-state index contributed by atoms with van der Waals surface area (Å²) in [5.74, 6) is 0.924. The highest BCUT2D eigenvalue weighted by Crippen LogP contribution is 2.33. The number of nitrogens with two attached hydrogens (primary N) is 1. The Balaban J connectivity index is 2.25. The van der Waals surface area contributed by atoms with Crippen LogP contribution < -0.4 is 20.5 Å². The van der Waals surface area contributed by atoms with Gasteiger partial charge in [-0.1, -0.05) is 42.5 Å². The fourth-order valence-electron chi connectivity index (χ4n) is 2.76. The lowest BCUT2D eigenvalue weighted by Crippen LogP contribution is -2.33. The number of allylic oxidation sites excluding steroid dienone is 1. The van der Waals surface area contributed by atoms with Crippen LogP contribution in [-0.2, 0) is 17.8 Å². The van der Waals surface area contributed by atoms with Gasteiger partial charge in [-0.3, -0.25) is 10.1 Å². The van der Waals surface area contributed by atoms with Crippen molar-refractivity contribution in [2.24, 2.45) is 5.73 Å². The van der Waals surface area contributed by atoms with E-state index in [0.29, 0.717) is 24.5 Å². The van der Waals surface area contributed by atoms with Crippen LogP contribution in [0, 0.1) is 0 Å². The van der Waals surface area contributed by atoms with Crippen LogP contribution in [0.15, 0.2) is 55.1 Å². The molecule has 2 rings (SSSR count). The lowest BCUT2D eigenvalue weighted by Gasteiger charge is -2.18. The summed E-state index contributed by atoms with van der Waals surface area (Å²) >= 11 is 0. The number of hydrogen-bond donors (Lipinski definition) is 2. The van der Waals surface area contributed by atoms with Crippen molar-refractivity contribution in [2.45, 2.75) is 19.0 Å². The zero-order valence-corrected chi connectivity index (χ0v) is 14.6. The molecule has 2 aromatic carbocycles. The van der Waals surface area contributed by atoms with E-state index < -0.39 is 11.9 Å². The summed E-state index contributed by atoms with van der Waals surface area (Å²) < 4.78 is 10.9. The summed E-state index contributed by atoms with van der Waals surface area (Å²) in [7, 11) is 3.21. The number of hydrogen-bond acceptors (Lipinski definition) is 4. The number of carbonyl (C=O) groups excluding carboxylic acids is 1. The van der Waals surface area contributed by atoms with Crippen molar-refractivity contribution < 1.29 is 14.3 Å². The predicted molar refractivity (Wildman–Crippen MR) is 98.7 cm³/mol. The Labute approximate surface area is 148 Å². The molecule has 0 heterocycles. The Morgan fingerprint density at radius 2 is 1.96 bits per heavy atom. The van der Waals surface area contributed by atoms with Gasteiger partial charge in [-0.15, -0.1) is 6.58 Å². The largest absolute Gasteiger partial charge is 0.493 e. The molecule has 0 unspecified atom stereocenters. The minimum atomic E-state index is -0.558. The van der Waals surface area contributed by atoms with Crippen LogP contribution in [0.5, 0.6) is 11.5 Å². The maximum absolute atomic E-state index is 11.8. The van der Waals surface area contributed by atoms with E-state index in [1.807, 2.05) is 48.5 Å². The molecule has 5 heteroatoms. The van der Waals surface area contributed by atoms with Crippen molar-refractivity contribution in [2.75, 3.05) is 14.2 Å². The van der Waals surface area contributed by atoms with Gasteiger partial charge in [0.2, 0.25) is 5.91 Å². The second-order valence-electron chi connectivity index (χ2n) is 5.61. The van der Waals surface area contributed by atoms with E-state index in [0.717, 1.165) is 16.7 Å². The summed E-state index contributed by atoms with van der Waals surface area (Å²) in [6.45, 7) is 4.25. The van der Waals surface area contributed by atoms with Crippen molar-refractivity contribution in [1.29, 1.82) is 0 Å². The third-order valence-corrected chi connectivity index (χ3v) is 3.91. The van der Waals surface area contributed by atoms with E-state index in [1.165, 1.54) is 0 Å². The molecule has 0 bridgehead atoms. The highest BCUT2D eigenvalue weighted by Gasteiger charge is 2.18. The number of carbonyl (C=O) groups is 1. The molecule has 25 heavy (non-hydrogen) atoms. The molecule has 5 nitrogen and oxygen atoms in total. The predicted octanol–water partition coefficient (Wildman–Crippen LogP) is 2.75. The molecule has 1 amide bonds. The SMILES string of the molecule is C=CCc1cc(CN[C@H](C(N)=O)c2ccccc2)cc(OC)c1OC. The van der Waals surface area contributed by atoms with Crippen molar-refractivity contribution in [1.82, 2.24) is 5.32 Å². The number of amides is 1. The monoisotopic (exact) mass is 340 g/mol. The van der Waals surface area contributed by atoms with Gasteiger partial charge in [0.05, 0.1) is 14.2 Å². The quantitative estimate of drug-likeness (QED) is 0.689. The number of methoxy groups -OCH3 is 2. The van der Waals surface area contributed by atoms with E-state index in [2.05, 4.69) is 11.9 Å². The molecule has 1 atom stereocenters.